The molecule has 0 saturated carbocycles. The van der Waals surface area contributed by atoms with Gasteiger partial charge in [0.25, 0.3) is 5.88 Å². The number of nitrogens with zero attached hydrogens (tertiary/aromatic N) is 4. The van der Waals surface area contributed by atoms with Crippen LogP contribution in [0.5, 0.6) is 5.88 Å². The summed E-state index contributed by atoms with van der Waals surface area (Å²) >= 11 is 0. The highest BCUT2D eigenvalue weighted by atomic mass is 16.5. The third-order valence-corrected chi connectivity index (χ3v) is 1.83. The molecule has 0 aromatic carbocycles. The smallest absolute Gasteiger partial charge is 0.260 e. The van der Waals surface area contributed by atoms with Crippen LogP contribution in [0.25, 0.3) is 5.65 Å². The normalized spacial score (nSPS) is 10.7. The summed E-state index contributed by atoms with van der Waals surface area (Å²) in [5, 5.41) is 7.88. The standard InChI is InChI=1S/C8H11N5O/c1-2-14-8-7-12-11-6(5-9)13(7)4-3-10-8/h3-4H,2,5,9H2,1H3. The topological polar surface area (TPSA) is 78.3 Å². The zero-order valence-electron chi connectivity index (χ0n) is 7.84. The maximum absolute atomic E-state index is 5.50. The van der Waals surface area contributed by atoms with Gasteiger partial charge in [-0.3, -0.25) is 4.40 Å². The minimum Gasteiger partial charge on any atom is -0.475 e. The van der Waals surface area contributed by atoms with Crippen molar-refractivity contribution < 1.29 is 4.74 Å². The van der Waals surface area contributed by atoms with Gasteiger partial charge < -0.3 is 10.5 Å². The van der Waals surface area contributed by atoms with Crippen LogP contribution in [0, 0.1) is 0 Å². The van der Waals surface area contributed by atoms with E-state index in [2.05, 4.69) is 15.2 Å². The number of hydrogen-bond donors (Lipinski definition) is 1. The second-order valence-corrected chi connectivity index (χ2v) is 2.68. The molecule has 2 N–H and O–H groups in total. The highest BCUT2D eigenvalue weighted by Gasteiger charge is 2.09. The van der Waals surface area contributed by atoms with Crippen LogP contribution >= 0.6 is 0 Å². The summed E-state index contributed by atoms with van der Waals surface area (Å²) in [6.45, 7) is 2.79. The fraction of sp³-hybridized carbons (Fsp3) is 0.375. The zero-order chi connectivity index (χ0) is 9.97. The Morgan fingerprint density at radius 2 is 2.36 bits per heavy atom. The van der Waals surface area contributed by atoms with Crippen molar-refractivity contribution in [3.05, 3.63) is 18.2 Å². The van der Waals surface area contributed by atoms with Gasteiger partial charge in [-0.25, -0.2) is 4.98 Å². The molecule has 0 fully saturated rings. The molecule has 0 amide bonds. The minimum atomic E-state index is 0.344. The largest absolute Gasteiger partial charge is 0.475 e. The lowest BCUT2D eigenvalue weighted by Crippen LogP contribution is -2.03. The second kappa shape index (κ2) is 3.59. The van der Waals surface area contributed by atoms with Crippen LogP contribution in [0.4, 0.5) is 0 Å². The monoisotopic (exact) mass is 193 g/mol. The Hall–Kier alpha value is -1.69. The Balaban J connectivity index is 2.58. The van der Waals surface area contributed by atoms with Crippen molar-refractivity contribution in [2.24, 2.45) is 5.73 Å². The summed E-state index contributed by atoms with van der Waals surface area (Å²) in [4.78, 5) is 4.06. The summed E-state index contributed by atoms with van der Waals surface area (Å²) in [5.41, 5.74) is 6.11. The average Bonchev–Trinajstić information content (AvgIpc) is 2.62. The van der Waals surface area contributed by atoms with Gasteiger partial charge in [0.05, 0.1) is 13.2 Å². The molecule has 2 rings (SSSR count). The Kier molecular flexibility index (Phi) is 2.28. The van der Waals surface area contributed by atoms with Crippen molar-refractivity contribution in [1.82, 2.24) is 19.6 Å². The molecule has 0 spiro atoms. The van der Waals surface area contributed by atoms with Crippen molar-refractivity contribution in [3.63, 3.8) is 0 Å². The van der Waals surface area contributed by atoms with Gasteiger partial charge >= 0.3 is 0 Å². The quantitative estimate of drug-likeness (QED) is 0.741. The van der Waals surface area contributed by atoms with Gasteiger partial charge in [-0.2, -0.15) is 0 Å². The molecule has 0 radical (unpaired) electrons. The van der Waals surface area contributed by atoms with Gasteiger partial charge in [0.1, 0.15) is 0 Å². The lowest BCUT2D eigenvalue weighted by molar-refractivity contribution is 0.328. The number of fused-ring (bicyclic) bond motifs is 1. The minimum absolute atomic E-state index is 0.344. The number of nitrogens with two attached hydrogens (primary N) is 1. The Bertz CT molecular complexity index is 438. The van der Waals surface area contributed by atoms with E-state index >= 15 is 0 Å². The molecule has 6 nitrogen and oxygen atoms in total. The molecule has 2 heterocycles. The molecular weight excluding hydrogens is 182 g/mol. The third-order valence-electron chi connectivity index (χ3n) is 1.83. The molecular formula is C8H11N5O. The van der Waals surface area contributed by atoms with Gasteiger partial charge in [-0.05, 0) is 6.92 Å². The highest BCUT2D eigenvalue weighted by molar-refractivity contribution is 5.48. The first-order valence-electron chi connectivity index (χ1n) is 4.38. The summed E-state index contributed by atoms with van der Waals surface area (Å²) in [5.74, 6) is 1.19. The predicted octanol–water partition coefficient (Wildman–Crippen LogP) is -0.0183. The van der Waals surface area contributed by atoms with E-state index in [4.69, 9.17) is 10.5 Å². The van der Waals surface area contributed by atoms with Gasteiger partial charge in [0, 0.05) is 12.4 Å². The first kappa shape index (κ1) is 8.89. The Morgan fingerprint density at radius 1 is 1.50 bits per heavy atom. The number of rotatable bonds is 3. The molecule has 0 aliphatic rings. The summed E-state index contributed by atoms with van der Waals surface area (Å²) in [6.07, 6.45) is 3.40. The Labute approximate surface area is 80.7 Å². The van der Waals surface area contributed by atoms with Crippen LogP contribution in [0.3, 0.4) is 0 Å². The molecule has 0 saturated heterocycles. The zero-order valence-corrected chi connectivity index (χ0v) is 7.84. The molecule has 0 bridgehead atoms. The molecule has 74 valence electrons. The van der Waals surface area contributed by atoms with Crippen LogP contribution in [0.15, 0.2) is 12.4 Å². The van der Waals surface area contributed by atoms with Gasteiger partial charge in [0.15, 0.2) is 5.82 Å². The van der Waals surface area contributed by atoms with Crippen molar-refractivity contribution in [2.75, 3.05) is 6.61 Å². The van der Waals surface area contributed by atoms with Crippen molar-refractivity contribution in [1.29, 1.82) is 0 Å². The highest BCUT2D eigenvalue weighted by Crippen LogP contribution is 2.14. The summed E-state index contributed by atoms with van der Waals surface area (Å²) in [6, 6.07) is 0. The fourth-order valence-electron chi connectivity index (χ4n) is 1.23. The van der Waals surface area contributed by atoms with E-state index < -0.39 is 0 Å². The van der Waals surface area contributed by atoms with Gasteiger partial charge in [-0.1, -0.05) is 0 Å². The molecule has 14 heavy (non-hydrogen) atoms. The number of ether oxygens (including phenoxy) is 1. The van der Waals surface area contributed by atoms with E-state index in [0.29, 0.717) is 30.5 Å². The summed E-state index contributed by atoms with van der Waals surface area (Å²) in [7, 11) is 0. The SMILES string of the molecule is CCOc1nccn2c(CN)nnc12. The molecule has 0 aliphatic carbocycles. The fourth-order valence-corrected chi connectivity index (χ4v) is 1.23. The van der Waals surface area contributed by atoms with Crippen LogP contribution < -0.4 is 10.5 Å². The van der Waals surface area contributed by atoms with E-state index in [9.17, 15) is 0 Å². The van der Waals surface area contributed by atoms with E-state index in [1.807, 2.05) is 6.92 Å². The average molecular weight is 193 g/mol. The molecule has 0 atom stereocenters. The molecule has 2 aromatic rings. The van der Waals surface area contributed by atoms with Crippen LogP contribution in [-0.2, 0) is 6.54 Å². The van der Waals surface area contributed by atoms with Crippen LogP contribution in [-0.4, -0.2) is 26.2 Å². The van der Waals surface area contributed by atoms with E-state index in [1.165, 1.54) is 0 Å². The maximum Gasteiger partial charge on any atom is 0.260 e. The lowest BCUT2D eigenvalue weighted by Gasteiger charge is -2.02. The molecule has 0 aliphatic heterocycles. The maximum atomic E-state index is 5.50. The van der Waals surface area contributed by atoms with Crippen LogP contribution in [0.1, 0.15) is 12.7 Å². The predicted molar refractivity (Wildman–Crippen MR) is 49.8 cm³/mol. The second-order valence-electron chi connectivity index (χ2n) is 2.68. The lowest BCUT2D eigenvalue weighted by atomic mass is 10.5. The van der Waals surface area contributed by atoms with Crippen molar-refractivity contribution in [3.8, 4) is 5.88 Å². The van der Waals surface area contributed by atoms with Crippen LogP contribution in [0.2, 0.25) is 0 Å². The third kappa shape index (κ3) is 1.29. The van der Waals surface area contributed by atoms with Gasteiger partial charge in [0.2, 0.25) is 5.65 Å². The first-order chi connectivity index (χ1) is 6.86. The number of hydrogen-bond acceptors (Lipinski definition) is 5. The first-order valence-corrected chi connectivity index (χ1v) is 4.38. The van der Waals surface area contributed by atoms with E-state index in [-0.39, 0.29) is 0 Å². The Morgan fingerprint density at radius 3 is 3.07 bits per heavy atom. The van der Waals surface area contributed by atoms with E-state index in [0.717, 1.165) is 0 Å². The number of aromatic nitrogens is 4. The summed E-state index contributed by atoms with van der Waals surface area (Å²) < 4.78 is 7.08. The van der Waals surface area contributed by atoms with E-state index in [1.54, 1.807) is 16.8 Å². The van der Waals surface area contributed by atoms with Gasteiger partial charge in [-0.15, -0.1) is 10.2 Å². The molecule has 0 unspecified atom stereocenters. The van der Waals surface area contributed by atoms with Crippen molar-refractivity contribution in [2.45, 2.75) is 13.5 Å². The van der Waals surface area contributed by atoms with Crippen molar-refractivity contribution >= 4 is 5.65 Å². The molecule has 6 heteroatoms. The molecule has 2 aromatic heterocycles.